The Kier molecular flexibility index (Phi) is 3.90. The zero-order chi connectivity index (χ0) is 14.0. The number of imidazole rings is 1. The van der Waals surface area contributed by atoms with Crippen molar-refractivity contribution in [2.75, 3.05) is 21.2 Å². The average molecular weight is 324 g/mol. The van der Waals surface area contributed by atoms with E-state index in [1.807, 2.05) is 14.1 Å². The van der Waals surface area contributed by atoms with Crippen LogP contribution in [0.1, 0.15) is 10.5 Å². The van der Waals surface area contributed by atoms with E-state index in [-0.39, 0.29) is 5.78 Å². The molecule has 19 heavy (non-hydrogen) atoms. The highest BCUT2D eigenvalue weighted by molar-refractivity contribution is 9.10. The summed E-state index contributed by atoms with van der Waals surface area (Å²) < 4.78 is 7.70. The van der Waals surface area contributed by atoms with E-state index in [1.165, 1.54) is 6.08 Å². The number of aromatic nitrogens is 2. The van der Waals surface area contributed by atoms with Gasteiger partial charge in [0.2, 0.25) is 5.78 Å². The third kappa shape index (κ3) is 2.78. The number of carbonyl (C=O) groups is 1. The molecular formula is C13H14BrN3O2. The van der Waals surface area contributed by atoms with Crippen LogP contribution in [-0.4, -0.2) is 41.3 Å². The predicted octanol–water partition coefficient (Wildman–Crippen LogP) is 2.36. The number of carbonyl (C=O) groups excluding carboxylic acids is 1. The summed E-state index contributed by atoms with van der Waals surface area (Å²) in [4.78, 5) is 18.1. The maximum atomic E-state index is 12.1. The molecule has 0 fully saturated rings. The number of ketones is 1. The van der Waals surface area contributed by atoms with Gasteiger partial charge in [-0.3, -0.25) is 9.20 Å². The minimum Gasteiger partial charge on any atom is -0.495 e. The van der Waals surface area contributed by atoms with E-state index in [9.17, 15) is 4.79 Å². The highest BCUT2D eigenvalue weighted by atomic mass is 79.9. The summed E-state index contributed by atoms with van der Waals surface area (Å²) in [6.45, 7) is 0. The lowest BCUT2D eigenvalue weighted by atomic mass is 10.3. The second-order valence-electron chi connectivity index (χ2n) is 4.20. The van der Waals surface area contributed by atoms with Gasteiger partial charge in [-0.15, -0.1) is 0 Å². The first-order valence-corrected chi connectivity index (χ1v) is 6.42. The van der Waals surface area contributed by atoms with Gasteiger partial charge in [0.05, 0.1) is 17.8 Å². The number of rotatable bonds is 4. The number of methoxy groups -OCH3 is 1. The van der Waals surface area contributed by atoms with Crippen LogP contribution in [0.15, 0.2) is 35.2 Å². The molecule has 0 aromatic carbocycles. The molecule has 0 saturated carbocycles. The fourth-order valence-corrected chi connectivity index (χ4v) is 2.10. The average Bonchev–Trinajstić information content (AvgIpc) is 2.77. The highest BCUT2D eigenvalue weighted by Crippen LogP contribution is 2.26. The third-order valence-corrected chi connectivity index (χ3v) is 3.16. The maximum Gasteiger partial charge on any atom is 0.205 e. The molecule has 100 valence electrons. The van der Waals surface area contributed by atoms with Gasteiger partial charge in [-0.05, 0) is 15.9 Å². The van der Waals surface area contributed by atoms with Crippen molar-refractivity contribution < 1.29 is 9.53 Å². The van der Waals surface area contributed by atoms with Crippen LogP contribution in [0.4, 0.5) is 0 Å². The largest absolute Gasteiger partial charge is 0.495 e. The molecule has 2 rings (SSSR count). The van der Waals surface area contributed by atoms with Crippen molar-refractivity contribution in [3.05, 3.63) is 40.9 Å². The molecule has 2 aromatic heterocycles. The minimum atomic E-state index is -0.0988. The number of hydrogen-bond acceptors (Lipinski definition) is 4. The van der Waals surface area contributed by atoms with Crippen molar-refractivity contribution in [2.24, 2.45) is 0 Å². The molecule has 0 N–H and O–H groups in total. The summed E-state index contributed by atoms with van der Waals surface area (Å²) >= 11 is 3.40. The van der Waals surface area contributed by atoms with E-state index in [0.29, 0.717) is 17.1 Å². The van der Waals surface area contributed by atoms with Crippen molar-refractivity contribution in [1.29, 1.82) is 0 Å². The van der Waals surface area contributed by atoms with Gasteiger partial charge >= 0.3 is 0 Å². The van der Waals surface area contributed by atoms with Crippen LogP contribution in [0.5, 0.6) is 5.75 Å². The van der Waals surface area contributed by atoms with Crippen molar-refractivity contribution in [3.8, 4) is 5.75 Å². The van der Waals surface area contributed by atoms with Crippen LogP contribution >= 0.6 is 15.9 Å². The number of hydrogen-bond donors (Lipinski definition) is 0. The van der Waals surface area contributed by atoms with Crippen LogP contribution in [-0.2, 0) is 0 Å². The van der Waals surface area contributed by atoms with E-state index in [4.69, 9.17) is 4.74 Å². The van der Waals surface area contributed by atoms with Gasteiger partial charge in [0.15, 0.2) is 0 Å². The molecule has 0 unspecified atom stereocenters. The second kappa shape index (κ2) is 5.44. The Morgan fingerprint density at radius 2 is 2.26 bits per heavy atom. The summed E-state index contributed by atoms with van der Waals surface area (Å²) in [5.41, 5.74) is 1.18. The number of allylic oxidation sites excluding steroid dienone is 1. The van der Waals surface area contributed by atoms with Crippen molar-refractivity contribution in [2.45, 2.75) is 0 Å². The Hall–Kier alpha value is -1.82. The van der Waals surface area contributed by atoms with Crippen LogP contribution in [0.25, 0.3) is 5.65 Å². The lowest BCUT2D eigenvalue weighted by molar-refractivity contribution is 0.104. The molecule has 6 heteroatoms. The summed E-state index contributed by atoms with van der Waals surface area (Å²) in [6, 6.07) is 1.77. The number of pyridine rings is 1. The zero-order valence-electron chi connectivity index (χ0n) is 10.9. The predicted molar refractivity (Wildman–Crippen MR) is 76.6 cm³/mol. The van der Waals surface area contributed by atoms with E-state index < -0.39 is 0 Å². The molecule has 0 saturated heterocycles. The monoisotopic (exact) mass is 323 g/mol. The van der Waals surface area contributed by atoms with Crippen LogP contribution in [0.3, 0.4) is 0 Å². The van der Waals surface area contributed by atoms with Crippen molar-refractivity contribution >= 4 is 27.4 Å². The lowest BCUT2D eigenvalue weighted by Crippen LogP contribution is -2.05. The SMILES string of the molecule is COc1cc2ncc(C(=O)C=CN(C)C)n2cc1Br. The number of ether oxygens (including phenoxy) is 1. The van der Waals surface area contributed by atoms with Crippen molar-refractivity contribution in [1.82, 2.24) is 14.3 Å². The Labute approximate surface area is 119 Å². The van der Waals surface area contributed by atoms with E-state index >= 15 is 0 Å². The molecule has 0 atom stereocenters. The van der Waals surface area contributed by atoms with Crippen molar-refractivity contribution in [3.63, 3.8) is 0 Å². The van der Waals surface area contributed by atoms with E-state index in [0.717, 1.165) is 4.47 Å². The highest BCUT2D eigenvalue weighted by Gasteiger charge is 2.12. The van der Waals surface area contributed by atoms with E-state index in [2.05, 4.69) is 20.9 Å². The first kappa shape index (κ1) is 13.6. The maximum absolute atomic E-state index is 12.1. The molecule has 0 aliphatic heterocycles. The second-order valence-corrected chi connectivity index (χ2v) is 5.06. The first-order chi connectivity index (χ1) is 9.02. The van der Waals surface area contributed by atoms with Crippen LogP contribution in [0, 0.1) is 0 Å². The Bertz CT molecular complexity index is 647. The third-order valence-electron chi connectivity index (χ3n) is 2.56. The molecule has 2 aromatic rings. The minimum absolute atomic E-state index is 0.0988. The molecule has 0 amide bonds. The topological polar surface area (TPSA) is 46.8 Å². The fourth-order valence-electron chi connectivity index (χ4n) is 1.62. The molecule has 2 heterocycles. The normalized spacial score (nSPS) is 11.2. The summed E-state index contributed by atoms with van der Waals surface area (Å²) in [5.74, 6) is 0.583. The summed E-state index contributed by atoms with van der Waals surface area (Å²) in [7, 11) is 5.31. The van der Waals surface area contributed by atoms with Gasteiger partial charge < -0.3 is 9.64 Å². The molecule has 0 aliphatic carbocycles. The molecule has 0 radical (unpaired) electrons. The van der Waals surface area contributed by atoms with Gasteiger partial charge in [0.25, 0.3) is 0 Å². The van der Waals surface area contributed by atoms with Gasteiger partial charge in [-0.25, -0.2) is 4.98 Å². The smallest absolute Gasteiger partial charge is 0.205 e. The standard InChI is InChI=1S/C13H14BrN3O2/c1-16(2)5-4-11(18)10-7-15-13-6-12(19-3)9(14)8-17(10)13/h4-8H,1-3H3. The van der Waals surface area contributed by atoms with Gasteiger partial charge in [-0.1, -0.05) is 0 Å². The lowest BCUT2D eigenvalue weighted by Gasteiger charge is -2.05. The zero-order valence-corrected chi connectivity index (χ0v) is 12.5. The van der Waals surface area contributed by atoms with Gasteiger partial charge in [-0.2, -0.15) is 0 Å². The molecule has 5 nitrogen and oxygen atoms in total. The molecule has 0 bridgehead atoms. The first-order valence-electron chi connectivity index (χ1n) is 5.62. The van der Waals surface area contributed by atoms with E-state index in [1.54, 1.807) is 41.1 Å². The number of halogens is 1. The van der Waals surface area contributed by atoms with Gasteiger partial charge in [0.1, 0.15) is 17.1 Å². The summed E-state index contributed by atoms with van der Waals surface area (Å²) in [6.07, 6.45) is 6.56. The molecule has 0 spiro atoms. The molecular weight excluding hydrogens is 310 g/mol. The number of nitrogens with zero attached hydrogens (tertiary/aromatic N) is 3. The van der Waals surface area contributed by atoms with Crippen LogP contribution in [0.2, 0.25) is 0 Å². The summed E-state index contributed by atoms with van der Waals surface area (Å²) in [5, 5.41) is 0. The Morgan fingerprint density at radius 3 is 2.89 bits per heavy atom. The fraction of sp³-hybridized carbons (Fsp3) is 0.231. The Balaban J connectivity index is 2.45. The number of fused-ring (bicyclic) bond motifs is 1. The quantitative estimate of drug-likeness (QED) is 0.640. The van der Waals surface area contributed by atoms with Crippen LogP contribution < -0.4 is 4.74 Å². The Morgan fingerprint density at radius 1 is 1.53 bits per heavy atom. The van der Waals surface area contributed by atoms with Gasteiger partial charge in [0, 0.05) is 38.6 Å². The molecule has 0 aliphatic rings.